The van der Waals surface area contributed by atoms with Crippen molar-refractivity contribution in [3.63, 3.8) is 0 Å². The maximum Gasteiger partial charge on any atom is 0.417 e. The molecule has 0 aromatic heterocycles. The van der Waals surface area contributed by atoms with E-state index < -0.39 is 53.7 Å². The number of nitrogens with zero attached hydrogens (tertiary/aromatic N) is 1. The van der Waals surface area contributed by atoms with Crippen LogP contribution in [0.4, 0.5) is 17.6 Å². The number of ether oxygens (including phenoxy) is 4. The second-order valence-electron chi connectivity index (χ2n) is 7.75. The smallest absolute Gasteiger partial charge is 0.361 e. The summed E-state index contributed by atoms with van der Waals surface area (Å²) in [5, 5.41) is 3.70. The molecular formula is C19H22F4N2O4S. The third kappa shape index (κ3) is 4.31. The highest BCUT2D eigenvalue weighted by atomic mass is 32.2. The molecule has 6 nitrogen and oxygen atoms in total. The molecule has 3 fully saturated rings. The van der Waals surface area contributed by atoms with Crippen LogP contribution in [0.5, 0.6) is 0 Å². The van der Waals surface area contributed by atoms with Gasteiger partial charge < -0.3 is 24.3 Å². The van der Waals surface area contributed by atoms with E-state index in [0.717, 1.165) is 0 Å². The summed E-state index contributed by atoms with van der Waals surface area (Å²) in [7, 11) is 1.59. The van der Waals surface area contributed by atoms with E-state index in [-0.39, 0.29) is 6.61 Å². The number of halogens is 4. The summed E-state index contributed by atoms with van der Waals surface area (Å²) < 4.78 is 78.0. The first-order valence-electron chi connectivity index (χ1n) is 9.41. The van der Waals surface area contributed by atoms with Gasteiger partial charge in [0, 0.05) is 7.05 Å². The number of hydrogen-bond donors (Lipinski definition) is 1. The quantitative estimate of drug-likeness (QED) is 0.711. The molecule has 0 saturated carbocycles. The van der Waals surface area contributed by atoms with Crippen LogP contribution in [0.15, 0.2) is 29.3 Å². The number of aliphatic imine (C=N–C) groups is 1. The fourth-order valence-corrected chi connectivity index (χ4v) is 4.94. The topological polar surface area (TPSA) is 61.3 Å². The maximum atomic E-state index is 14.0. The Morgan fingerprint density at radius 1 is 1.20 bits per heavy atom. The van der Waals surface area contributed by atoms with E-state index in [1.807, 2.05) is 0 Å². The van der Waals surface area contributed by atoms with E-state index in [0.29, 0.717) is 10.7 Å². The van der Waals surface area contributed by atoms with Gasteiger partial charge in [0.15, 0.2) is 17.1 Å². The van der Waals surface area contributed by atoms with Crippen molar-refractivity contribution in [3.8, 4) is 0 Å². The lowest BCUT2D eigenvalue weighted by molar-refractivity contribution is -0.281. The number of rotatable bonds is 4. The fraction of sp³-hybridized carbons (Fsp3) is 0.632. The van der Waals surface area contributed by atoms with Gasteiger partial charge in [0.1, 0.15) is 29.6 Å². The maximum absolute atomic E-state index is 14.0. The lowest BCUT2D eigenvalue weighted by Gasteiger charge is -2.41. The second-order valence-corrected chi connectivity index (χ2v) is 8.84. The minimum Gasteiger partial charge on any atom is -0.361 e. The van der Waals surface area contributed by atoms with Crippen LogP contribution in [0, 0.1) is 5.82 Å². The Bertz CT molecular complexity index is 805. The molecule has 0 amide bonds. The number of nitrogens with one attached hydrogen (secondary N) is 1. The van der Waals surface area contributed by atoms with Crippen molar-refractivity contribution in [2.24, 2.45) is 4.99 Å². The van der Waals surface area contributed by atoms with Gasteiger partial charge in [0.25, 0.3) is 0 Å². The summed E-state index contributed by atoms with van der Waals surface area (Å²) in [6.45, 7) is 2.94. The van der Waals surface area contributed by atoms with Crippen LogP contribution < -0.4 is 5.32 Å². The van der Waals surface area contributed by atoms with Crippen molar-refractivity contribution in [1.29, 1.82) is 0 Å². The van der Waals surface area contributed by atoms with Crippen molar-refractivity contribution in [2.45, 2.75) is 68.3 Å². The molecule has 3 aliphatic heterocycles. The summed E-state index contributed by atoms with van der Waals surface area (Å²) in [5.41, 5.74) is -0.219. The lowest BCUT2D eigenvalue weighted by Crippen LogP contribution is -2.62. The zero-order chi connectivity index (χ0) is 21.7. The molecule has 0 aliphatic carbocycles. The van der Waals surface area contributed by atoms with Crippen LogP contribution >= 0.6 is 11.8 Å². The molecule has 0 radical (unpaired) electrons. The Labute approximate surface area is 175 Å². The Hall–Kier alpha value is -1.40. The molecule has 3 heterocycles. The molecule has 6 atom stereocenters. The van der Waals surface area contributed by atoms with Gasteiger partial charge in [-0.15, -0.1) is 0 Å². The largest absolute Gasteiger partial charge is 0.417 e. The van der Waals surface area contributed by atoms with Crippen molar-refractivity contribution in [3.05, 3.63) is 35.6 Å². The number of thioether (sulfide) groups is 1. The number of alkyl halides is 3. The van der Waals surface area contributed by atoms with Gasteiger partial charge in [-0.3, -0.25) is 4.99 Å². The molecule has 1 aromatic carbocycles. The van der Waals surface area contributed by atoms with Gasteiger partial charge in [-0.1, -0.05) is 23.9 Å². The number of benzene rings is 1. The summed E-state index contributed by atoms with van der Waals surface area (Å²) in [6, 6.07) is 4.69. The second kappa shape index (κ2) is 7.94. The predicted octanol–water partition coefficient (Wildman–Crippen LogP) is 3.21. The van der Waals surface area contributed by atoms with Crippen molar-refractivity contribution in [1.82, 2.24) is 5.32 Å². The van der Waals surface area contributed by atoms with Crippen LogP contribution in [0.1, 0.15) is 19.4 Å². The van der Waals surface area contributed by atoms with Gasteiger partial charge >= 0.3 is 6.18 Å². The number of hydrogen-bond acceptors (Lipinski definition) is 6. The third-order valence-corrected chi connectivity index (χ3v) is 6.27. The average Bonchev–Trinajstić information content (AvgIpc) is 3.21. The Balaban J connectivity index is 1.59. The minimum atomic E-state index is -4.71. The van der Waals surface area contributed by atoms with E-state index in [1.54, 1.807) is 20.9 Å². The van der Waals surface area contributed by atoms with Gasteiger partial charge in [-0.2, -0.15) is 13.2 Å². The summed E-state index contributed by atoms with van der Waals surface area (Å²) in [6.07, 6.45) is -10.1. The molecule has 11 heteroatoms. The standard InChI is InChI=1S/C19H22F4N2O4S/c1-18(2)28-12-11-16(30-17(24-3)25-11)27-14(13(12)29-18)15(19(21,22)23)26-8-9-4-6-10(20)7-5-9/h4-7,11-16H,8H2,1-3H3,(H,24,25). The number of amidine groups is 1. The molecule has 4 rings (SSSR count). The van der Waals surface area contributed by atoms with Crippen molar-refractivity contribution >= 4 is 16.9 Å². The lowest BCUT2D eigenvalue weighted by atomic mass is 9.94. The molecule has 3 saturated heterocycles. The monoisotopic (exact) mass is 450 g/mol. The SMILES string of the molecule is CN=C1NC2C(OC(C(OCc3ccc(F)cc3)C(F)(F)F)C3OC(C)(C)OC23)S1. The molecular weight excluding hydrogens is 428 g/mol. The van der Waals surface area contributed by atoms with Crippen LogP contribution in [-0.4, -0.2) is 60.1 Å². The highest BCUT2D eigenvalue weighted by Crippen LogP contribution is 2.45. The van der Waals surface area contributed by atoms with Gasteiger partial charge in [-0.05, 0) is 31.5 Å². The first-order valence-corrected chi connectivity index (χ1v) is 10.3. The van der Waals surface area contributed by atoms with E-state index >= 15 is 0 Å². The predicted molar refractivity (Wildman–Crippen MR) is 101 cm³/mol. The number of fused-ring (bicyclic) bond motifs is 3. The van der Waals surface area contributed by atoms with Crippen molar-refractivity contribution < 1.29 is 36.5 Å². The van der Waals surface area contributed by atoms with Gasteiger partial charge in [0.05, 0.1) is 12.6 Å². The van der Waals surface area contributed by atoms with E-state index in [2.05, 4.69) is 10.3 Å². The first kappa shape index (κ1) is 21.8. The molecule has 1 aromatic rings. The van der Waals surface area contributed by atoms with Crippen LogP contribution in [0.25, 0.3) is 0 Å². The molecule has 166 valence electrons. The van der Waals surface area contributed by atoms with Crippen molar-refractivity contribution in [2.75, 3.05) is 7.05 Å². The summed E-state index contributed by atoms with van der Waals surface area (Å²) in [4.78, 5) is 4.07. The Kier molecular flexibility index (Phi) is 5.77. The zero-order valence-corrected chi connectivity index (χ0v) is 17.3. The van der Waals surface area contributed by atoms with E-state index in [9.17, 15) is 17.6 Å². The molecule has 1 N–H and O–H groups in total. The zero-order valence-electron chi connectivity index (χ0n) is 16.5. The molecule has 0 spiro atoms. The Morgan fingerprint density at radius 2 is 1.87 bits per heavy atom. The molecule has 30 heavy (non-hydrogen) atoms. The molecule has 0 bridgehead atoms. The van der Waals surface area contributed by atoms with Crippen LogP contribution in [0.3, 0.4) is 0 Å². The average molecular weight is 450 g/mol. The Morgan fingerprint density at radius 3 is 2.50 bits per heavy atom. The van der Waals surface area contributed by atoms with Gasteiger partial charge in [0.2, 0.25) is 0 Å². The normalized spacial score (nSPS) is 35.0. The minimum absolute atomic E-state index is 0.354. The van der Waals surface area contributed by atoms with Gasteiger partial charge in [-0.25, -0.2) is 4.39 Å². The first-order chi connectivity index (χ1) is 14.1. The van der Waals surface area contributed by atoms with E-state index in [4.69, 9.17) is 18.9 Å². The highest BCUT2D eigenvalue weighted by molar-refractivity contribution is 8.14. The molecule has 3 aliphatic rings. The molecule has 6 unspecified atom stereocenters. The highest BCUT2D eigenvalue weighted by Gasteiger charge is 2.63. The summed E-state index contributed by atoms with van der Waals surface area (Å²) in [5.74, 6) is -1.55. The van der Waals surface area contributed by atoms with E-state index in [1.165, 1.54) is 36.0 Å². The van der Waals surface area contributed by atoms with Crippen LogP contribution in [0.2, 0.25) is 0 Å². The fourth-order valence-electron chi connectivity index (χ4n) is 3.86. The van der Waals surface area contributed by atoms with Crippen LogP contribution in [-0.2, 0) is 25.6 Å². The summed E-state index contributed by atoms with van der Waals surface area (Å²) >= 11 is 1.21. The third-order valence-electron chi connectivity index (χ3n) is 5.11.